The second-order valence-corrected chi connectivity index (χ2v) is 6.63. The summed E-state index contributed by atoms with van der Waals surface area (Å²) in [5, 5.41) is 13.8. The van der Waals surface area contributed by atoms with E-state index < -0.39 is 5.60 Å². The van der Waals surface area contributed by atoms with Crippen LogP contribution >= 0.6 is 0 Å². The van der Waals surface area contributed by atoms with E-state index in [1.165, 1.54) is 0 Å². The second-order valence-electron chi connectivity index (χ2n) is 6.63. The maximum absolute atomic E-state index is 12.3. The molecule has 5 heteroatoms. The summed E-state index contributed by atoms with van der Waals surface area (Å²) in [6.45, 7) is 3.50. The topological polar surface area (TPSA) is 61.8 Å². The van der Waals surface area contributed by atoms with Gasteiger partial charge in [-0.25, -0.2) is 4.79 Å². The molecule has 23 heavy (non-hydrogen) atoms. The van der Waals surface area contributed by atoms with Crippen LogP contribution in [0.1, 0.15) is 31.2 Å². The molecule has 2 aliphatic rings. The Balaban J connectivity index is 1.47. The Bertz CT molecular complexity index is 506. The summed E-state index contributed by atoms with van der Waals surface area (Å²) in [6, 6.07) is 9.75. The minimum absolute atomic E-state index is 0.00777. The quantitative estimate of drug-likeness (QED) is 0.897. The van der Waals surface area contributed by atoms with Crippen molar-refractivity contribution in [3.63, 3.8) is 0 Å². The van der Waals surface area contributed by atoms with Crippen molar-refractivity contribution in [1.29, 1.82) is 0 Å². The molecule has 1 aromatic rings. The number of likely N-dealkylation sites (tertiary alicyclic amines) is 1. The minimum atomic E-state index is -0.807. The van der Waals surface area contributed by atoms with Gasteiger partial charge in [-0.3, -0.25) is 0 Å². The van der Waals surface area contributed by atoms with Gasteiger partial charge in [0.1, 0.15) is 0 Å². The van der Waals surface area contributed by atoms with Gasteiger partial charge < -0.3 is 20.1 Å². The van der Waals surface area contributed by atoms with E-state index in [1.807, 2.05) is 35.2 Å². The van der Waals surface area contributed by atoms with Crippen molar-refractivity contribution in [2.75, 3.05) is 32.8 Å². The van der Waals surface area contributed by atoms with Crippen LogP contribution in [-0.4, -0.2) is 48.9 Å². The van der Waals surface area contributed by atoms with Crippen LogP contribution in [0.5, 0.6) is 0 Å². The smallest absolute Gasteiger partial charge is 0.317 e. The number of urea groups is 1. The van der Waals surface area contributed by atoms with Gasteiger partial charge in [-0.2, -0.15) is 0 Å². The van der Waals surface area contributed by atoms with Gasteiger partial charge in [0.2, 0.25) is 0 Å². The SMILES string of the molecule is O=C(NCC1CCOCC1)N1CCC(O)(c2ccccc2)CC1. The fourth-order valence-electron chi connectivity index (χ4n) is 3.41. The average Bonchev–Trinajstić information content (AvgIpc) is 2.62. The summed E-state index contributed by atoms with van der Waals surface area (Å²) in [4.78, 5) is 14.1. The van der Waals surface area contributed by atoms with Gasteiger partial charge in [0, 0.05) is 32.8 Å². The largest absolute Gasteiger partial charge is 0.385 e. The maximum Gasteiger partial charge on any atom is 0.317 e. The predicted molar refractivity (Wildman–Crippen MR) is 88.1 cm³/mol. The highest BCUT2D eigenvalue weighted by Crippen LogP contribution is 2.32. The number of amides is 2. The molecule has 0 bridgehead atoms. The normalized spacial score (nSPS) is 21.9. The molecule has 0 saturated carbocycles. The van der Waals surface area contributed by atoms with Crippen molar-refractivity contribution in [3.05, 3.63) is 35.9 Å². The zero-order chi connectivity index (χ0) is 16.1. The molecule has 0 aliphatic carbocycles. The summed E-state index contributed by atoms with van der Waals surface area (Å²) in [5.41, 5.74) is 0.140. The van der Waals surface area contributed by atoms with Gasteiger partial charge >= 0.3 is 6.03 Å². The van der Waals surface area contributed by atoms with E-state index >= 15 is 0 Å². The van der Waals surface area contributed by atoms with Crippen molar-refractivity contribution in [3.8, 4) is 0 Å². The maximum atomic E-state index is 12.3. The number of piperidine rings is 1. The molecule has 2 aliphatic heterocycles. The molecule has 1 aromatic carbocycles. The Morgan fingerprint density at radius 1 is 1.22 bits per heavy atom. The molecule has 2 fully saturated rings. The molecule has 0 aromatic heterocycles. The number of hydrogen-bond acceptors (Lipinski definition) is 3. The summed E-state index contributed by atoms with van der Waals surface area (Å²) in [5.74, 6) is 0.527. The van der Waals surface area contributed by atoms with Crippen LogP contribution < -0.4 is 5.32 Å². The van der Waals surface area contributed by atoms with E-state index in [2.05, 4.69) is 5.32 Å². The Morgan fingerprint density at radius 3 is 2.52 bits per heavy atom. The number of aliphatic hydroxyl groups is 1. The van der Waals surface area contributed by atoms with Gasteiger partial charge in [-0.05, 0) is 37.2 Å². The highest BCUT2D eigenvalue weighted by atomic mass is 16.5. The number of nitrogens with zero attached hydrogens (tertiary/aromatic N) is 1. The molecule has 2 amide bonds. The first-order chi connectivity index (χ1) is 11.2. The lowest BCUT2D eigenvalue weighted by atomic mass is 9.84. The average molecular weight is 318 g/mol. The summed E-state index contributed by atoms with van der Waals surface area (Å²) >= 11 is 0. The zero-order valence-electron chi connectivity index (χ0n) is 13.5. The molecule has 0 atom stereocenters. The number of hydrogen-bond donors (Lipinski definition) is 2. The predicted octanol–water partition coefficient (Wildman–Crippen LogP) is 2.11. The van der Waals surface area contributed by atoms with Gasteiger partial charge in [0.25, 0.3) is 0 Å². The highest BCUT2D eigenvalue weighted by Gasteiger charge is 2.35. The first-order valence-electron chi connectivity index (χ1n) is 8.56. The van der Waals surface area contributed by atoms with E-state index in [-0.39, 0.29) is 6.03 Å². The van der Waals surface area contributed by atoms with Gasteiger partial charge in [0.15, 0.2) is 0 Å². The van der Waals surface area contributed by atoms with Crippen LogP contribution in [0, 0.1) is 5.92 Å². The molecule has 2 saturated heterocycles. The van der Waals surface area contributed by atoms with Gasteiger partial charge in [-0.1, -0.05) is 30.3 Å². The Kier molecular flexibility index (Phi) is 5.18. The minimum Gasteiger partial charge on any atom is -0.385 e. The summed E-state index contributed by atoms with van der Waals surface area (Å²) < 4.78 is 5.34. The lowest BCUT2D eigenvalue weighted by Crippen LogP contribution is -2.49. The third-order valence-corrected chi connectivity index (χ3v) is 5.07. The van der Waals surface area contributed by atoms with Crippen LogP contribution in [0.2, 0.25) is 0 Å². The van der Waals surface area contributed by atoms with Crippen LogP contribution in [0.25, 0.3) is 0 Å². The van der Waals surface area contributed by atoms with Gasteiger partial charge in [0.05, 0.1) is 5.60 Å². The van der Waals surface area contributed by atoms with Crippen molar-refractivity contribution in [2.45, 2.75) is 31.3 Å². The lowest BCUT2D eigenvalue weighted by Gasteiger charge is -2.38. The third-order valence-electron chi connectivity index (χ3n) is 5.07. The number of benzene rings is 1. The van der Waals surface area contributed by atoms with E-state index in [1.54, 1.807) is 0 Å². The standard InChI is InChI=1S/C18H26N2O3/c21-17(19-14-15-6-12-23-13-7-15)20-10-8-18(22,9-11-20)16-4-2-1-3-5-16/h1-5,15,22H,6-14H2,(H,19,21). The zero-order valence-corrected chi connectivity index (χ0v) is 13.5. The van der Waals surface area contributed by atoms with Gasteiger partial charge in [-0.15, -0.1) is 0 Å². The Morgan fingerprint density at radius 2 is 1.87 bits per heavy atom. The van der Waals surface area contributed by atoms with Crippen LogP contribution in [0.3, 0.4) is 0 Å². The number of nitrogens with one attached hydrogen (secondary N) is 1. The molecule has 3 rings (SSSR count). The van der Waals surface area contributed by atoms with Crippen LogP contribution in [-0.2, 0) is 10.3 Å². The van der Waals surface area contributed by atoms with E-state index in [0.29, 0.717) is 31.8 Å². The number of rotatable bonds is 3. The Labute approximate surface area is 137 Å². The molecule has 2 N–H and O–H groups in total. The molecule has 2 heterocycles. The van der Waals surface area contributed by atoms with Crippen molar-refractivity contribution < 1.29 is 14.6 Å². The first kappa shape index (κ1) is 16.3. The summed E-state index contributed by atoms with van der Waals surface area (Å²) in [6.07, 6.45) is 3.21. The van der Waals surface area contributed by atoms with Crippen LogP contribution in [0.15, 0.2) is 30.3 Å². The number of carbonyl (C=O) groups is 1. The fourth-order valence-corrected chi connectivity index (χ4v) is 3.41. The monoisotopic (exact) mass is 318 g/mol. The number of carbonyl (C=O) groups excluding carboxylic acids is 1. The molecule has 0 unspecified atom stereocenters. The van der Waals surface area contributed by atoms with Crippen LogP contribution in [0.4, 0.5) is 4.79 Å². The molecule has 0 spiro atoms. The van der Waals surface area contributed by atoms with Crippen molar-refractivity contribution in [1.82, 2.24) is 10.2 Å². The van der Waals surface area contributed by atoms with E-state index in [4.69, 9.17) is 4.74 Å². The van der Waals surface area contributed by atoms with Crippen molar-refractivity contribution >= 4 is 6.03 Å². The Hall–Kier alpha value is -1.59. The van der Waals surface area contributed by atoms with Crippen molar-refractivity contribution in [2.24, 2.45) is 5.92 Å². The van der Waals surface area contributed by atoms with E-state index in [9.17, 15) is 9.90 Å². The molecule has 5 nitrogen and oxygen atoms in total. The first-order valence-corrected chi connectivity index (χ1v) is 8.56. The third kappa shape index (κ3) is 4.03. The molecule has 126 valence electrons. The summed E-state index contributed by atoms with van der Waals surface area (Å²) in [7, 11) is 0. The van der Waals surface area contributed by atoms with E-state index in [0.717, 1.165) is 38.2 Å². The number of ether oxygens (including phenoxy) is 1. The highest BCUT2D eigenvalue weighted by molar-refractivity contribution is 5.74. The second kappa shape index (κ2) is 7.32. The lowest BCUT2D eigenvalue weighted by molar-refractivity contribution is -0.0170. The fraction of sp³-hybridized carbons (Fsp3) is 0.611. The molecule has 0 radical (unpaired) electrons. The molecular weight excluding hydrogens is 292 g/mol. The molecular formula is C18H26N2O3.